The first-order valence-electron chi connectivity index (χ1n) is 9.24. The van der Waals surface area contributed by atoms with E-state index in [0.717, 1.165) is 32.6 Å². The Balaban J connectivity index is 1.67. The van der Waals surface area contributed by atoms with Crippen LogP contribution in [0.25, 0.3) is 11.0 Å². The van der Waals surface area contributed by atoms with Crippen molar-refractivity contribution in [2.24, 2.45) is 0 Å². The number of methoxy groups -OCH3 is 1. The number of ether oxygens (including phenoxy) is 1. The van der Waals surface area contributed by atoms with Crippen molar-refractivity contribution in [1.29, 1.82) is 0 Å². The van der Waals surface area contributed by atoms with Gasteiger partial charge in [0, 0.05) is 18.1 Å². The maximum absolute atomic E-state index is 12.6. The van der Waals surface area contributed by atoms with Gasteiger partial charge in [0.1, 0.15) is 0 Å². The minimum atomic E-state index is 0.00474. The van der Waals surface area contributed by atoms with Gasteiger partial charge in [0.05, 0.1) is 29.4 Å². The lowest BCUT2D eigenvalue weighted by molar-refractivity contribution is -0.119. The van der Waals surface area contributed by atoms with E-state index in [1.807, 2.05) is 48.5 Å². The van der Waals surface area contributed by atoms with Gasteiger partial charge < -0.3 is 14.6 Å². The number of hydrogen-bond acceptors (Lipinski definition) is 4. The highest BCUT2D eigenvalue weighted by atomic mass is 79.9. The summed E-state index contributed by atoms with van der Waals surface area (Å²) in [6.07, 6.45) is 0.838. The van der Waals surface area contributed by atoms with Crippen molar-refractivity contribution in [3.8, 4) is 0 Å². The van der Waals surface area contributed by atoms with Crippen LogP contribution in [0.1, 0.15) is 24.9 Å². The first-order chi connectivity index (χ1) is 13.6. The fraction of sp³-hybridized carbons (Fsp3) is 0.333. The molecule has 2 aromatic carbocycles. The van der Waals surface area contributed by atoms with E-state index < -0.39 is 0 Å². The molecule has 0 spiro atoms. The first kappa shape index (κ1) is 20.9. The molecule has 1 atom stereocenters. The third-order valence-corrected chi connectivity index (χ3v) is 5.99. The predicted molar refractivity (Wildman–Crippen MR) is 118 cm³/mol. The van der Waals surface area contributed by atoms with Crippen LogP contribution in [0.2, 0.25) is 0 Å². The van der Waals surface area contributed by atoms with Crippen LogP contribution in [0.5, 0.6) is 0 Å². The largest absolute Gasteiger partial charge is 0.383 e. The van der Waals surface area contributed by atoms with E-state index in [0.29, 0.717) is 18.9 Å². The lowest BCUT2D eigenvalue weighted by Gasteiger charge is -2.17. The Hall–Kier alpha value is -1.83. The van der Waals surface area contributed by atoms with Crippen molar-refractivity contribution in [3.05, 3.63) is 58.6 Å². The minimum absolute atomic E-state index is 0.00474. The van der Waals surface area contributed by atoms with Gasteiger partial charge in [-0.05, 0) is 36.2 Å². The summed E-state index contributed by atoms with van der Waals surface area (Å²) in [5.41, 5.74) is 3.10. The Morgan fingerprint density at radius 1 is 1.25 bits per heavy atom. The van der Waals surface area contributed by atoms with Gasteiger partial charge in [-0.15, -0.1) is 0 Å². The molecule has 28 heavy (non-hydrogen) atoms. The van der Waals surface area contributed by atoms with E-state index in [4.69, 9.17) is 4.74 Å². The molecule has 148 valence electrons. The maximum atomic E-state index is 12.6. The van der Waals surface area contributed by atoms with Crippen molar-refractivity contribution in [2.45, 2.75) is 31.1 Å². The number of fused-ring (bicyclic) bond motifs is 1. The van der Waals surface area contributed by atoms with E-state index >= 15 is 0 Å². The molecule has 1 aromatic heterocycles. The zero-order valence-corrected chi connectivity index (χ0v) is 18.4. The highest BCUT2D eigenvalue weighted by Gasteiger charge is 2.16. The van der Waals surface area contributed by atoms with Crippen LogP contribution < -0.4 is 5.32 Å². The number of para-hydroxylation sites is 2. The van der Waals surface area contributed by atoms with Crippen molar-refractivity contribution >= 4 is 44.6 Å². The number of halogens is 1. The number of imidazole rings is 1. The number of nitrogens with zero attached hydrogens (tertiary/aromatic N) is 2. The topological polar surface area (TPSA) is 56.2 Å². The summed E-state index contributed by atoms with van der Waals surface area (Å²) in [5, 5.41) is 3.97. The number of thioether (sulfide) groups is 1. The van der Waals surface area contributed by atoms with Gasteiger partial charge >= 0.3 is 0 Å². The summed E-state index contributed by atoms with van der Waals surface area (Å²) >= 11 is 4.91. The summed E-state index contributed by atoms with van der Waals surface area (Å²) in [6, 6.07) is 16.1. The number of carbonyl (C=O) groups excluding carboxylic acids is 1. The molecule has 1 N–H and O–H groups in total. The molecule has 0 unspecified atom stereocenters. The first-order valence-corrected chi connectivity index (χ1v) is 11.0. The maximum Gasteiger partial charge on any atom is 0.230 e. The van der Waals surface area contributed by atoms with Crippen LogP contribution in [-0.2, 0) is 16.1 Å². The second-order valence-electron chi connectivity index (χ2n) is 6.40. The molecule has 5 nitrogen and oxygen atoms in total. The number of aromatic nitrogens is 2. The average Bonchev–Trinajstić information content (AvgIpc) is 3.07. The summed E-state index contributed by atoms with van der Waals surface area (Å²) < 4.78 is 8.37. The smallest absolute Gasteiger partial charge is 0.230 e. The summed E-state index contributed by atoms with van der Waals surface area (Å²) in [4.78, 5) is 17.3. The van der Waals surface area contributed by atoms with E-state index in [1.54, 1.807) is 7.11 Å². The van der Waals surface area contributed by atoms with Gasteiger partial charge in [-0.25, -0.2) is 4.98 Å². The Kier molecular flexibility index (Phi) is 7.53. The quantitative estimate of drug-likeness (QED) is 0.464. The van der Waals surface area contributed by atoms with Gasteiger partial charge in [-0.1, -0.05) is 58.9 Å². The molecule has 3 rings (SSSR count). The monoisotopic (exact) mass is 461 g/mol. The second kappa shape index (κ2) is 10.1. The van der Waals surface area contributed by atoms with Gasteiger partial charge in [-0.3, -0.25) is 4.79 Å². The molecule has 1 amide bonds. The molecular weight excluding hydrogens is 438 g/mol. The Labute approximate surface area is 178 Å². The summed E-state index contributed by atoms with van der Waals surface area (Å²) in [7, 11) is 1.69. The second-order valence-corrected chi connectivity index (χ2v) is 8.25. The minimum Gasteiger partial charge on any atom is -0.383 e. The summed E-state index contributed by atoms with van der Waals surface area (Å²) in [6.45, 7) is 3.38. The Bertz CT molecular complexity index is 927. The molecule has 0 fully saturated rings. The number of amides is 1. The van der Waals surface area contributed by atoms with E-state index in [9.17, 15) is 4.79 Å². The van der Waals surface area contributed by atoms with E-state index in [1.165, 1.54) is 11.8 Å². The average molecular weight is 462 g/mol. The molecule has 0 radical (unpaired) electrons. The fourth-order valence-corrected chi connectivity index (χ4v) is 4.16. The molecule has 0 aliphatic heterocycles. The van der Waals surface area contributed by atoms with Gasteiger partial charge in [0.25, 0.3) is 0 Å². The molecule has 0 bridgehead atoms. The van der Waals surface area contributed by atoms with Crippen LogP contribution in [0.3, 0.4) is 0 Å². The van der Waals surface area contributed by atoms with E-state index in [-0.39, 0.29) is 11.9 Å². The van der Waals surface area contributed by atoms with Crippen molar-refractivity contribution in [1.82, 2.24) is 14.9 Å². The van der Waals surface area contributed by atoms with Gasteiger partial charge in [0.15, 0.2) is 5.16 Å². The summed E-state index contributed by atoms with van der Waals surface area (Å²) in [5.74, 6) is 0.327. The molecule has 0 aliphatic carbocycles. The normalized spacial score (nSPS) is 12.2. The van der Waals surface area contributed by atoms with Crippen LogP contribution in [-0.4, -0.2) is 34.9 Å². The third kappa shape index (κ3) is 5.16. The number of benzene rings is 2. The standard InChI is InChI=1S/C21H24BrN3O2S/c1-3-17(15-8-10-16(22)11-9-15)23-20(26)14-28-21-24-18-6-4-5-7-19(18)25(21)12-13-27-2/h4-11,17H,3,12-14H2,1-2H3,(H,23,26)/t17-/m1/s1. The predicted octanol–water partition coefficient (Wildman–Crippen LogP) is 4.80. The zero-order valence-electron chi connectivity index (χ0n) is 16.0. The molecule has 1 heterocycles. The number of hydrogen-bond donors (Lipinski definition) is 1. The van der Waals surface area contributed by atoms with Crippen LogP contribution in [0.15, 0.2) is 58.2 Å². The Morgan fingerprint density at radius 3 is 2.71 bits per heavy atom. The van der Waals surface area contributed by atoms with Crippen LogP contribution in [0.4, 0.5) is 0 Å². The highest BCUT2D eigenvalue weighted by Crippen LogP contribution is 2.25. The number of rotatable bonds is 9. The van der Waals surface area contributed by atoms with Crippen molar-refractivity contribution in [3.63, 3.8) is 0 Å². The molecule has 0 aliphatic rings. The highest BCUT2D eigenvalue weighted by molar-refractivity contribution is 9.10. The van der Waals surface area contributed by atoms with E-state index in [2.05, 4.69) is 37.7 Å². The van der Waals surface area contributed by atoms with Crippen LogP contribution in [0, 0.1) is 0 Å². The molecule has 0 saturated heterocycles. The molecule has 0 saturated carbocycles. The van der Waals surface area contributed by atoms with Gasteiger partial charge in [-0.2, -0.15) is 0 Å². The molecule has 7 heteroatoms. The zero-order chi connectivity index (χ0) is 19.9. The van der Waals surface area contributed by atoms with Gasteiger partial charge in [0.2, 0.25) is 5.91 Å². The third-order valence-electron chi connectivity index (χ3n) is 4.49. The van der Waals surface area contributed by atoms with Crippen molar-refractivity contribution < 1.29 is 9.53 Å². The fourth-order valence-electron chi connectivity index (χ4n) is 3.04. The molecular formula is C21H24BrN3O2S. The number of carbonyl (C=O) groups is 1. The Morgan fingerprint density at radius 2 is 2.00 bits per heavy atom. The van der Waals surface area contributed by atoms with Crippen LogP contribution >= 0.6 is 27.7 Å². The van der Waals surface area contributed by atoms with Crippen molar-refractivity contribution in [2.75, 3.05) is 19.5 Å². The number of nitrogens with one attached hydrogen (secondary N) is 1. The molecule has 3 aromatic rings. The lowest BCUT2D eigenvalue weighted by Crippen LogP contribution is -2.29. The SMILES string of the molecule is CC[C@@H](NC(=O)CSc1nc2ccccc2n1CCOC)c1ccc(Br)cc1. The lowest BCUT2D eigenvalue weighted by atomic mass is 10.0.